The van der Waals surface area contributed by atoms with Crippen molar-refractivity contribution in [3.05, 3.63) is 46.1 Å². The van der Waals surface area contributed by atoms with Gasteiger partial charge in [-0.25, -0.2) is 19.6 Å². The molecule has 0 aliphatic carbocycles. The second-order valence-corrected chi connectivity index (χ2v) is 10.4. The fraction of sp³-hybridized carbons (Fsp3) is 0.360. The number of piperazine rings is 1. The number of rotatable bonds is 1. The lowest BCUT2D eigenvalue weighted by atomic mass is 10.0. The van der Waals surface area contributed by atoms with Crippen molar-refractivity contribution in [1.82, 2.24) is 24.8 Å². The van der Waals surface area contributed by atoms with Crippen molar-refractivity contribution >= 4 is 45.4 Å². The van der Waals surface area contributed by atoms with E-state index < -0.39 is 5.60 Å². The van der Waals surface area contributed by atoms with E-state index in [1.165, 1.54) is 6.33 Å². The maximum atomic E-state index is 12.7. The highest BCUT2D eigenvalue weighted by atomic mass is 35.5. The van der Waals surface area contributed by atoms with Gasteiger partial charge < -0.3 is 29.2 Å². The van der Waals surface area contributed by atoms with Crippen LogP contribution >= 0.6 is 11.6 Å². The van der Waals surface area contributed by atoms with Crippen LogP contribution in [0, 0.1) is 0 Å². The molecule has 2 N–H and O–H groups in total. The van der Waals surface area contributed by atoms with Crippen LogP contribution in [0.1, 0.15) is 20.8 Å². The number of nitrogens with one attached hydrogen (secondary N) is 2. The Labute approximate surface area is 211 Å². The second kappa shape index (κ2) is 8.12. The number of imidazole rings is 1. The van der Waals surface area contributed by atoms with E-state index in [0.29, 0.717) is 59.1 Å². The number of hydrogen-bond acceptors (Lipinski definition) is 7. The van der Waals surface area contributed by atoms with E-state index >= 15 is 0 Å². The number of anilines is 1. The largest absolute Gasteiger partial charge is 0.489 e. The molecule has 0 saturated carbocycles. The molecule has 1 saturated heterocycles. The Balaban J connectivity index is 1.42. The molecule has 2 aliphatic heterocycles. The molecule has 1 fully saturated rings. The molecule has 10 nitrogen and oxygen atoms in total. The van der Waals surface area contributed by atoms with Crippen molar-refractivity contribution in [2.45, 2.75) is 32.4 Å². The summed E-state index contributed by atoms with van der Waals surface area (Å²) in [5.74, 6) is 1.22. The Morgan fingerprint density at radius 2 is 2.03 bits per heavy atom. The first kappa shape index (κ1) is 22.7. The molecule has 0 spiro atoms. The second-order valence-electron chi connectivity index (χ2n) is 10.1. The van der Waals surface area contributed by atoms with E-state index in [2.05, 4.69) is 24.8 Å². The van der Waals surface area contributed by atoms with Gasteiger partial charge in [0, 0.05) is 30.8 Å². The van der Waals surface area contributed by atoms with Crippen LogP contribution in [0.5, 0.6) is 5.75 Å². The summed E-state index contributed by atoms with van der Waals surface area (Å²) in [7, 11) is 0. The summed E-state index contributed by atoms with van der Waals surface area (Å²) in [6.07, 6.45) is 1.19. The molecular weight excluding hydrogens is 484 g/mol. The zero-order valence-electron chi connectivity index (χ0n) is 20.1. The number of aromatic nitrogens is 4. The standard InChI is InChI=1S/C25H25ClN6O4/c1-25(2,3)36-24(34)31-7-8-32-13(10-31)11-35-21-18-17(27-12-28-22(18)32)9-15(19(21)26)14-5-4-6-16-20(14)30-23(33)29-16/h4-6,9,12-13H,7-8,10-11H2,1-3H3,(H2,29,30,33)/t13-/m0/s1. The van der Waals surface area contributed by atoms with E-state index in [0.717, 1.165) is 16.8 Å². The van der Waals surface area contributed by atoms with E-state index in [9.17, 15) is 9.59 Å². The first-order valence-corrected chi connectivity index (χ1v) is 12.1. The Bertz CT molecular complexity index is 1570. The summed E-state index contributed by atoms with van der Waals surface area (Å²) in [5, 5.41) is 1.14. The van der Waals surface area contributed by atoms with Gasteiger partial charge in [-0.15, -0.1) is 0 Å². The summed E-state index contributed by atoms with van der Waals surface area (Å²) < 4.78 is 11.9. The number of halogens is 1. The van der Waals surface area contributed by atoms with E-state index in [1.54, 1.807) is 4.90 Å². The normalized spacial score (nSPS) is 17.6. The minimum absolute atomic E-state index is 0.138. The van der Waals surface area contributed by atoms with Gasteiger partial charge in [0.1, 0.15) is 24.4 Å². The van der Waals surface area contributed by atoms with Crippen LogP contribution in [0.3, 0.4) is 0 Å². The lowest BCUT2D eigenvalue weighted by Crippen LogP contribution is -2.57. The maximum absolute atomic E-state index is 12.7. The van der Waals surface area contributed by atoms with Gasteiger partial charge >= 0.3 is 11.8 Å². The summed E-state index contributed by atoms with van der Waals surface area (Å²) in [6, 6.07) is 7.34. The van der Waals surface area contributed by atoms with E-state index in [1.807, 2.05) is 45.0 Å². The number of nitrogens with zero attached hydrogens (tertiary/aromatic N) is 4. The lowest BCUT2D eigenvalue weighted by Gasteiger charge is -2.41. The van der Waals surface area contributed by atoms with Crippen LogP contribution in [0.4, 0.5) is 10.6 Å². The Kier molecular flexibility index (Phi) is 5.11. The lowest BCUT2D eigenvalue weighted by molar-refractivity contribution is 0.0202. The minimum atomic E-state index is -0.570. The highest BCUT2D eigenvalue weighted by molar-refractivity contribution is 6.37. The molecule has 2 aromatic carbocycles. The van der Waals surface area contributed by atoms with Crippen LogP contribution in [-0.2, 0) is 4.74 Å². The van der Waals surface area contributed by atoms with Gasteiger partial charge in [0.05, 0.1) is 33.0 Å². The van der Waals surface area contributed by atoms with Crippen LogP contribution in [0.25, 0.3) is 33.1 Å². The maximum Gasteiger partial charge on any atom is 0.410 e. The van der Waals surface area contributed by atoms with Crippen molar-refractivity contribution < 1.29 is 14.3 Å². The molecule has 11 heteroatoms. The predicted molar refractivity (Wildman–Crippen MR) is 137 cm³/mol. The number of fused-ring (bicyclic) bond motifs is 3. The zero-order valence-corrected chi connectivity index (χ0v) is 20.8. The Hall–Kier alpha value is -3.79. The molecule has 2 aromatic heterocycles. The molecular formula is C25H25ClN6O4. The Morgan fingerprint density at radius 3 is 2.83 bits per heavy atom. The molecule has 6 rings (SSSR count). The average molecular weight is 509 g/mol. The molecule has 1 amide bonds. The van der Waals surface area contributed by atoms with Crippen molar-refractivity contribution in [1.29, 1.82) is 0 Å². The van der Waals surface area contributed by atoms with Gasteiger partial charge in [-0.05, 0) is 32.9 Å². The molecule has 0 radical (unpaired) electrons. The molecule has 4 heterocycles. The molecule has 0 bridgehead atoms. The number of amides is 1. The highest BCUT2D eigenvalue weighted by Gasteiger charge is 2.37. The van der Waals surface area contributed by atoms with Gasteiger partial charge in [-0.3, -0.25) is 0 Å². The average Bonchev–Trinajstić information content (AvgIpc) is 3.13. The molecule has 1 atom stereocenters. The number of aromatic amines is 2. The summed E-state index contributed by atoms with van der Waals surface area (Å²) in [6.45, 7) is 7.37. The molecule has 36 heavy (non-hydrogen) atoms. The molecule has 0 unspecified atom stereocenters. The third-order valence-electron chi connectivity index (χ3n) is 6.47. The molecule has 4 aromatic rings. The van der Waals surface area contributed by atoms with Crippen molar-refractivity contribution in [3.8, 4) is 16.9 Å². The van der Waals surface area contributed by atoms with Gasteiger partial charge in [-0.1, -0.05) is 23.7 Å². The first-order chi connectivity index (χ1) is 17.2. The number of para-hydroxylation sites is 1. The summed E-state index contributed by atoms with van der Waals surface area (Å²) in [4.78, 5) is 43.3. The number of carbonyl (C=O) groups is 1. The van der Waals surface area contributed by atoms with Crippen molar-refractivity contribution in [2.24, 2.45) is 0 Å². The van der Waals surface area contributed by atoms with Crippen LogP contribution in [0.15, 0.2) is 35.4 Å². The van der Waals surface area contributed by atoms with Crippen molar-refractivity contribution in [3.63, 3.8) is 0 Å². The smallest absolute Gasteiger partial charge is 0.410 e. The van der Waals surface area contributed by atoms with Crippen LogP contribution < -0.4 is 15.3 Å². The van der Waals surface area contributed by atoms with Gasteiger partial charge in [0.15, 0.2) is 5.75 Å². The highest BCUT2D eigenvalue weighted by Crippen LogP contribution is 2.46. The van der Waals surface area contributed by atoms with Crippen LogP contribution in [0.2, 0.25) is 5.02 Å². The van der Waals surface area contributed by atoms with E-state index in [-0.39, 0.29) is 17.8 Å². The zero-order chi connectivity index (χ0) is 25.2. The Morgan fingerprint density at radius 1 is 1.19 bits per heavy atom. The first-order valence-electron chi connectivity index (χ1n) is 11.8. The number of benzene rings is 2. The van der Waals surface area contributed by atoms with Gasteiger partial charge in [0.25, 0.3) is 0 Å². The third-order valence-corrected chi connectivity index (χ3v) is 6.84. The van der Waals surface area contributed by atoms with Gasteiger partial charge in [0.2, 0.25) is 0 Å². The fourth-order valence-electron chi connectivity index (χ4n) is 4.93. The topological polar surface area (TPSA) is 116 Å². The quantitative estimate of drug-likeness (QED) is 0.400. The van der Waals surface area contributed by atoms with Crippen LogP contribution in [-0.4, -0.2) is 68.8 Å². The number of hydrogen-bond donors (Lipinski definition) is 2. The SMILES string of the molecule is CC(C)(C)OC(=O)N1CCN2c3ncnc4cc(-c5cccc6[nH]c(=O)[nH]c56)c(Cl)c(c34)OC[C@@H]2C1. The summed E-state index contributed by atoms with van der Waals surface area (Å²) >= 11 is 6.97. The number of H-pyrrole nitrogens is 2. The fourth-order valence-corrected chi connectivity index (χ4v) is 5.23. The number of carbonyl (C=O) groups excluding carboxylic acids is 1. The number of ether oxygens (including phenoxy) is 2. The predicted octanol–water partition coefficient (Wildman–Crippen LogP) is 3.94. The summed E-state index contributed by atoms with van der Waals surface area (Å²) in [5.41, 5.74) is 2.61. The minimum Gasteiger partial charge on any atom is -0.489 e. The van der Waals surface area contributed by atoms with Crippen molar-refractivity contribution in [2.75, 3.05) is 31.1 Å². The third kappa shape index (κ3) is 3.72. The van der Waals surface area contributed by atoms with E-state index in [4.69, 9.17) is 21.1 Å². The molecule has 2 aliphatic rings. The molecule has 186 valence electrons. The van der Waals surface area contributed by atoms with Gasteiger partial charge in [-0.2, -0.15) is 0 Å². The monoisotopic (exact) mass is 508 g/mol.